The van der Waals surface area contributed by atoms with Crippen molar-refractivity contribution in [2.75, 3.05) is 27.1 Å². The first-order valence-corrected chi connectivity index (χ1v) is 9.74. The van der Waals surface area contributed by atoms with Crippen LogP contribution in [0, 0.1) is 0 Å². The first kappa shape index (κ1) is 21.6. The van der Waals surface area contributed by atoms with E-state index in [0.29, 0.717) is 24.3 Å². The van der Waals surface area contributed by atoms with Crippen LogP contribution in [-0.4, -0.2) is 43.2 Å². The van der Waals surface area contributed by atoms with E-state index in [1.807, 2.05) is 12.1 Å². The number of halogens is 1. The Morgan fingerprint density at radius 3 is 2.38 bits per heavy atom. The van der Waals surface area contributed by atoms with Gasteiger partial charge < -0.3 is 24.1 Å². The minimum Gasteiger partial charge on any atom is -0.493 e. The fraction of sp³-hybridized carbons (Fsp3) is 0.455. The third kappa shape index (κ3) is 4.71. The minimum absolute atomic E-state index is 0. The molecule has 0 amide bonds. The SMILES string of the molecule is COc1cc(CC[C@@H](C)N2Cc3cc4c(cc3C2)OCO4)ccc1OCCO.Cl. The molecule has 2 heterocycles. The average molecular weight is 422 g/mol. The molecule has 6 nitrogen and oxygen atoms in total. The van der Waals surface area contributed by atoms with Gasteiger partial charge in [-0.05, 0) is 60.7 Å². The predicted octanol–water partition coefficient (Wildman–Crippen LogP) is 3.55. The molecule has 0 saturated carbocycles. The number of aliphatic hydroxyl groups excluding tert-OH is 1. The van der Waals surface area contributed by atoms with Crippen LogP contribution >= 0.6 is 12.4 Å². The number of ether oxygens (including phenoxy) is 4. The van der Waals surface area contributed by atoms with E-state index in [0.717, 1.165) is 37.4 Å². The summed E-state index contributed by atoms with van der Waals surface area (Å²) in [4.78, 5) is 2.50. The van der Waals surface area contributed by atoms with E-state index in [4.69, 9.17) is 24.1 Å². The Hall–Kier alpha value is -2.15. The maximum absolute atomic E-state index is 8.92. The van der Waals surface area contributed by atoms with Crippen molar-refractivity contribution >= 4 is 12.4 Å². The van der Waals surface area contributed by atoms with Crippen molar-refractivity contribution in [2.45, 2.75) is 38.9 Å². The van der Waals surface area contributed by atoms with Gasteiger partial charge in [-0.1, -0.05) is 6.07 Å². The van der Waals surface area contributed by atoms with Gasteiger partial charge in [0.2, 0.25) is 6.79 Å². The molecule has 0 spiro atoms. The van der Waals surface area contributed by atoms with Crippen molar-refractivity contribution in [3.63, 3.8) is 0 Å². The molecular weight excluding hydrogens is 394 g/mol. The fourth-order valence-corrected chi connectivity index (χ4v) is 3.83. The minimum atomic E-state index is -0.0120. The molecule has 2 aliphatic heterocycles. The molecule has 0 saturated heterocycles. The van der Waals surface area contributed by atoms with Crippen molar-refractivity contribution < 1.29 is 24.1 Å². The third-order valence-electron chi connectivity index (χ3n) is 5.49. The maximum atomic E-state index is 8.92. The number of aryl methyl sites for hydroxylation is 1. The van der Waals surface area contributed by atoms with Crippen LogP contribution in [0.25, 0.3) is 0 Å². The van der Waals surface area contributed by atoms with Crippen LogP contribution < -0.4 is 18.9 Å². The molecular formula is C22H28ClNO5. The standard InChI is InChI=1S/C22H27NO5.ClH/c1-15(3-4-16-5-6-19(26-8-7-24)20(9-16)25-2)23-12-17-10-21-22(28-14-27-21)11-18(17)13-23;/h5-6,9-11,15,24H,3-4,7-8,12-14H2,1-2H3;1H/t15-;/m1./s1. The first-order valence-electron chi connectivity index (χ1n) is 9.74. The van der Waals surface area contributed by atoms with E-state index in [2.05, 4.69) is 30.0 Å². The zero-order valence-corrected chi connectivity index (χ0v) is 17.7. The Morgan fingerprint density at radius 2 is 1.76 bits per heavy atom. The number of nitrogens with zero attached hydrogens (tertiary/aromatic N) is 1. The Morgan fingerprint density at radius 1 is 1.07 bits per heavy atom. The van der Waals surface area contributed by atoms with Crippen LogP contribution in [0.15, 0.2) is 30.3 Å². The molecule has 29 heavy (non-hydrogen) atoms. The number of hydrogen-bond donors (Lipinski definition) is 1. The Bertz CT molecular complexity index is 811. The lowest BCUT2D eigenvalue weighted by molar-refractivity contribution is 0.173. The number of fused-ring (bicyclic) bond motifs is 2. The molecule has 2 aromatic rings. The Kier molecular flexibility index (Phi) is 7.11. The molecule has 158 valence electrons. The average Bonchev–Trinajstić information content (AvgIpc) is 3.34. The molecule has 1 atom stereocenters. The smallest absolute Gasteiger partial charge is 0.231 e. The van der Waals surface area contributed by atoms with Gasteiger partial charge in [-0.25, -0.2) is 0 Å². The van der Waals surface area contributed by atoms with Gasteiger partial charge in [0.05, 0.1) is 13.7 Å². The van der Waals surface area contributed by atoms with Crippen LogP contribution in [-0.2, 0) is 19.5 Å². The summed E-state index contributed by atoms with van der Waals surface area (Å²) >= 11 is 0. The highest BCUT2D eigenvalue weighted by atomic mass is 35.5. The largest absolute Gasteiger partial charge is 0.493 e. The van der Waals surface area contributed by atoms with Crippen molar-refractivity contribution in [2.24, 2.45) is 0 Å². The van der Waals surface area contributed by atoms with Crippen LogP contribution in [0.2, 0.25) is 0 Å². The molecule has 0 bridgehead atoms. The zero-order valence-electron chi connectivity index (χ0n) is 16.8. The normalized spacial score (nSPS) is 15.6. The van der Waals surface area contributed by atoms with Crippen LogP contribution in [0.4, 0.5) is 0 Å². The van der Waals surface area contributed by atoms with Gasteiger partial charge >= 0.3 is 0 Å². The molecule has 0 fully saturated rings. The highest BCUT2D eigenvalue weighted by molar-refractivity contribution is 5.85. The zero-order chi connectivity index (χ0) is 19.5. The first-order chi connectivity index (χ1) is 13.7. The lowest BCUT2D eigenvalue weighted by Crippen LogP contribution is -2.28. The summed E-state index contributed by atoms with van der Waals surface area (Å²) in [7, 11) is 1.64. The number of methoxy groups -OCH3 is 1. The number of hydrogen-bond acceptors (Lipinski definition) is 6. The topological polar surface area (TPSA) is 60.4 Å². The van der Waals surface area contributed by atoms with E-state index >= 15 is 0 Å². The van der Waals surface area contributed by atoms with Crippen molar-refractivity contribution in [3.05, 3.63) is 47.0 Å². The van der Waals surface area contributed by atoms with Gasteiger partial charge in [-0.2, -0.15) is 0 Å². The van der Waals surface area contributed by atoms with Crippen LogP contribution in [0.3, 0.4) is 0 Å². The molecule has 0 aromatic heterocycles. The molecule has 0 unspecified atom stereocenters. The summed E-state index contributed by atoms with van der Waals surface area (Å²) in [6.07, 6.45) is 2.02. The van der Waals surface area contributed by atoms with Gasteiger partial charge in [-0.15, -0.1) is 12.4 Å². The van der Waals surface area contributed by atoms with Gasteiger partial charge in [0.15, 0.2) is 23.0 Å². The van der Waals surface area contributed by atoms with E-state index < -0.39 is 0 Å². The summed E-state index contributed by atoms with van der Waals surface area (Å²) < 4.78 is 21.9. The van der Waals surface area contributed by atoms with Gasteiger partial charge in [0, 0.05) is 19.1 Å². The molecule has 0 aliphatic carbocycles. The molecule has 4 rings (SSSR count). The molecule has 2 aliphatic rings. The summed E-state index contributed by atoms with van der Waals surface area (Å²) in [6, 6.07) is 10.7. The van der Waals surface area contributed by atoms with Crippen molar-refractivity contribution in [1.82, 2.24) is 4.90 Å². The predicted molar refractivity (Wildman–Crippen MR) is 112 cm³/mol. The monoisotopic (exact) mass is 421 g/mol. The summed E-state index contributed by atoms with van der Waals surface area (Å²) in [6.45, 7) is 4.76. The second-order valence-corrected chi connectivity index (χ2v) is 7.32. The summed E-state index contributed by atoms with van der Waals surface area (Å²) in [5, 5.41) is 8.92. The quantitative estimate of drug-likeness (QED) is 0.703. The third-order valence-corrected chi connectivity index (χ3v) is 5.49. The van der Waals surface area contributed by atoms with Gasteiger partial charge in [-0.3, -0.25) is 4.90 Å². The Labute approximate surface area is 177 Å². The second-order valence-electron chi connectivity index (χ2n) is 7.32. The van der Waals surface area contributed by atoms with Gasteiger partial charge in [0.1, 0.15) is 6.61 Å². The molecule has 7 heteroatoms. The Balaban J connectivity index is 0.00000240. The maximum Gasteiger partial charge on any atom is 0.231 e. The molecule has 0 radical (unpaired) electrons. The van der Waals surface area contributed by atoms with Crippen molar-refractivity contribution in [1.29, 1.82) is 0 Å². The van der Waals surface area contributed by atoms with E-state index in [1.54, 1.807) is 7.11 Å². The second kappa shape index (κ2) is 9.57. The van der Waals surface area contributed by atoms with E-state index in [1.165, 1.54) is 16.7 Å². The highest BCUT2D eigenvalue weighted by Gasteiger charge is 2.26. The van der Waals surface area contributed by atoms with Crippen LogP contribution in [0.1, 0.15) is 30.0 Å². The lowest BCUT2D eigenvalue weighted by atomic mass is 10.0. The molecule has 1 N–H and O–H groups in total. The number of rotatable bonds is 8. The van der Waals surface area contributed by atoms with E-state index in [-0.39, 0.29) is 25.6 Å². The van der Waals surface area contributed by atoms with Crippen molar-refractivity contribution in [3.8, 4) is 23.0 Å². The van der Waals surface area contributed by atoms with Gasteiger partial charge in [0.25, 0.3) is 0 Å². The molecule has 2 aromatic carbocycles. The van der Waals surface area contributed by atoms with Crippen LogP contribution in [0.5, 0.6) is 23.0 Å². The summed E-state index contributed by atoms with van der Waals surface area (Å²) in [5.74, 6) is 3.11. The fourth-order valence-electron chi connectivity index (χ4n) is 3.83. The summed E-state index contributed by atoms with van der Waals surface area (Å²) in [5.41, 5.74) is 3.89. The number of benzene rings is 2. The van der Waals surface area contributed by atoms with E-state index in [9.17, 15) is 0 Å². The number of aliphatic hydroxyl groups is 1. The lowest BCUT2D eigenvalue weighted by Gasteiger charge is -2.24. The highest BCUT2D eigenvalue weighted by Crippen LogP contribution is 2.38.